The van der Waals surface area contributed by atoms with Gasteiger partial charge in [-0.1, -0.05) is 12.6 Å². The van der Waals surface area contributed by atoms with Gasteiger partial charge in [0.2, 0.25) is 6.79 Å². The molecule has 0 spiro atoms. The predicted molar refractivity (Wildman–Crippen MR) is 60.1 cm³/mol. The van der Waals surface area contributed by atoms with Crippen LogP contribution in [0.15, 0.2) is 24.8 Å². The third kappa shape index (κ3) is 1.83. The van der Waals surface area contributed by atoms with E-state index in [-0.39, 0.29) is 6.04 Å². The number of nitrogens with one attached hydrogen (secondary N) is 1. The van der Waals surface area contributed by atoms with Gasteiger partial charge in [-0.3, -0.25) is 0 Å². The Hall–Kier alpha value is -1.48. The van der Waals surface area contributed by atoms with Crippen molar-refractivity contribution < 1.29 is 9.47 Å². The van der Waals surface area contributed by atoms with Crippen molar-refractivity contribution in [2.75, 3.05) is 13.8 Å². The lowest BCUT2D eigenvalue weighted by molar-refractivity contribution is 0.174. The molecule has 15 heavy (non-hydrogen) atoms. The van der Waals surface area contributed by atoms with Crippen LogP contribution in [0.5, 0.6) is 11.5 Å². The lowest BCUT2D eigenvalue weighted by Crippen LogP contribution is -2.22. The van der Waals surface area contributed by atoms with Gasteiger partial charge in [0.05, 0.1) is 0 Å². The fraction of sp³-hybridized carbons (Fsp3) is 0.333. The van der Waals surface area contributed by atoms with E-state index < -0.39 is 0 Å². The van der Waals surface area contributed by atoms with Crippen molar-refractivity contribution in [3.8, 4) is 11.5 Å². The molecular formula is C12H15NO2. The molecule has 0 saturated carbocycles. The Morgan fingerprint density at radius 1 is 1.40 bits per heavy atom. The molecule has 0 amide bonds. The Morgan fingerprint density at radius 2 is 2.13 bits per heavy atom. The molecule has 3 heteroatoms. The van der Waals surface area contributed by atoms with E-state index in [1.54, 1.807) is 0 Å². The fourth-order valence-corrected chi connectivity index (χ4v) is 1.52. The van der Waals surface area contributed by atoms with Gasteiger partial charge >= 0.3 is 0 Å². The van der Waals surface area contributed by atoms with Gasteiger partial charge in [-0.25, -0.2) is 0 Å². The molecule has 1 aliphatic rings. The Bertz CT molecular complexity index is 387. The van der Waals surface area contributed by atoms with E-state index in [1.165, 1.54) is 0 Å². The van der Waals surface area contributed by atoms with Crippen molar-refractivity contribution in [1.82, 2.24) is 5.32 Å². The Kier molecular flexibility index (Phi) is 2.64. The number of rotatable bonds is 3. The van der Waals surface area contributed by atoms with E-state index in [0.717, 1.165) is 22.6 Å². The van der Waals surface area contributed by atoms with Gasteiger partial charge in [0.15, 0.2) is 11.5 Å². The van der Waals surface area contributed by atoms with E-state index in [9.17, 15) is 0 Å². The van der Waals surface area contributed by atoms with Gasteiger partial charge < -0.3 is 14.8 Å². The van der Waals surface area contributed by atoms with Crippen LogP contribution >= 0.6 is 0 Å². The molecule has 1 atom stereocenters. The third-order valence-corrected chi connectivity index (χ3v) is 2.70. The summed E-state index contributed by atoms with van der Waals surface area (Å²) in [5, 5.41) is 3.16. The second kappa shape index (κ2) is 3.95. The van der Waals surface area contributed by atoms with Crippen molar-refractivity contribution >= 4 is 5.57 Å². The first-order chi connectivity index (χ1) is 7.22. The van der Waals surface area contributed by atoms with Gasteiger partial charge in [-0.15, -0.1) is 0 Å². The van der Waals surface area contributed by atoms with Crippen LogP contribution in [0.1, 0.15) is 12.5 Å². The lowest BCUT2D eigenvalue weighted by Gasteiger charge is -2.14. The molecule has 0 saturated heterocycles. The molecule has 3 nitrogen and oxygen atoms in total. The number of benzene rings is 1. The van der Waals surface area contributed by atoms with Gasteiger partial charge in [0, 0.05) is 6.04 Å². The smallest absolute Gasteiger partial charge is 0.231 e. The van der Waals surface area contributed by atoms with Gasteiger partial charge in [-0.2, -0.15) is 0 Å². The molecule has 1 aliphatic heterocycles. The van der Waals surface area contributed by atoms with Gasteiger partial charge in [0.1, 0.15) is 0 Å². The highest BCUT2D eigenvalue weighted by atomic mass is 16.7. The minimum atomic E-state index is 0.255. The number of ether oxygens (including phenoxy) is 2. The first-order valence-corrected chi connectivity index (χ1v) is 4.98. The summed E-state index contributed by atoms with van der Waals surface area (Å²) in [4.78, 5) is 0. The maximum Gasteiger partial charge on any atom is 0.231 e. The van der Waals surface area contributed by atoms with E-state index >= 15 is 0 Å². The lowest BCUT2D eigenvalue weighted by atomic mass is 10.0. The molecule has 0 radical (unpaired) electrons. The molecule has 0 aliphatic carbocycles. The van der Waals surface area contributed by atoms with E-state index in [4.69, 9.17) is 9.47 Å². The number of fused-ring (bicyclic) bond motifs is 1. The zero-order valence-electron chi connectivity index (χ0n) is 9.04. The molecule has 2 rings (SSSR count). The molecule has 1 aromatic rings. The van der Waals surface area contributed by atoms with Crippen LogP contribution < -0.4 is 14.8 Å². The summed E-state index contributed by atoms with van der Waals surface area (Å²) in [6.45, 7) is 6.45. The molecule has 1 unspecified atom stereocenters. The molecule has 80 valence electrons. The standard InChI is InChI=1S/C12H15NO2/c1-8(9(2)13-3)10-4-5-11-12(6-10)15-7-14-11/h4-6,9,13H,1,7H2,2-3H3. The molecule has 0 bridgehead atoms. The maximum absolute atomic E-state index is 5.32. The number of likely N-dealkylation sites (N-methyl/N-ethyl adjacent to an activating group) is 1. The maximum atomic E-state index is 5.32. The Morgan fingerprint density at radius 3 is 2.87 bits per heavy atom. The largest absolute Gasteiger partial charge is 0.454 e. The zero-order valence-corrected chi connectivity index (χ0v) is 9.04. The normalized spacial score (nSPS) is 15.1. The van der Waals surface area contributed by atoms with Crippen LogP contribution in [0, 0.1) is 0 Å². The highest BCUT2D eigenvalue weighted by Crippen LogP contribution is 2.34. The van der Waals surface area contributed by atoms with Crippen molar-refractivity contribution in [3.63, 3.8) is 0 Å². The fourth-order valence-electron chi connectivity index (χ4n) is 1.52. The van der Waals surface area contributed by atoms with Gasteiger partial charge in [-0.05, 0) is 37.2 Å². The van der Waals surface area contributed by atoms with Crippen LogP contribution in [0.2, 0.25) is 0 Å². The average Bonchev–Trinajstić information content (AvgIpc) is 2.73. The SMILES string of the molecule is C=C(c1ccc2c(c1)OCO2)C(C)NC. The van der Waals surface area contributed by atoms with Crippen molar-refractivity contribution in [1.29, 1.82) is 0 Å². The van der Waals surface area contributed by atoms with Crippen molar-refractivity contribution in [3.05, 3.63) is 30.3 Å². The topological polar surface area (TPSA) is 30.5 Å². The van der Waals surface area contributed by atoms with E-state index in [2.05, 4.69) is 18.8 Å². The molecule has 0 aromatic heterocycles. The van der Waals surface area contributed by atoms with Crippen LogP contribution in [0.3, 0.4) is 0 Å². The molecular weight excluding hydrogens is 190 g/mol. The van der Waals surface area contributed by atoms with Crippen molar-refractivity contribution in [2.24, 2.45) is 0 Å². The summed E-state index contributed by atoms with van der Waals surface area (Å²) in [7, 11) is 1.92. The van der Waals surface area contributed by atoms with Gasteiger partial charge in [0.25, 0.3) is 0 Å². The Balaban J connectivity index is 2.26. The number of hydrogen-bond donors (Lipinski definition) is 1. The first kappa shape index (κ1) is 10.1. The molecule has 1 heterocycles. The summed E-state index contributed by atoms with van der Waals surface area (Å²) in [5.74, 6) is 1.61. The van der Waals surface area contributed by atoms with E-state index in [0.29, 0.717) is 6.79 Å². The minimum Gasteiger partial charge on any atom is -0.454 e. The predicted octanol–water partition coefficient (Wildman–Crippen LogP) is 2.04. The van der Waals surface area contributed by atoms with Crippen LogP contribution in [-0.2, 0) is 0 Å². The quantitative estimate of drug-likeness (QED) is 0.819. The second-order valence-corrected chi connectivity index (χ2v) is 3.60. The van der Waals surface area contributed by atoms with Crippen LogP contribution in [0.4, 0.5) is 0 Å². The first-order valence-electron chi connectivity index (χ1n) is 4.98. The highest BCUT2D eigenvalue weighted by Gasteiger charge is 2.15. The van der Waals surface area contributed by atoms with Crippen LogP contribution in [0.25, 0.3) is 5.57 Å². The average molecular weight is 205 g/mol. The van der Waals surface area contributed by atoms with E-state index in [1.807, 2.05) is 25.2 Å². The number of hydrogen-bond acceptors (Lipinski definition) is 3. The summed E-state index contributed by atoms with van der Waals surface area (Å²) >= 11 is 0. The molecule has 0 fully saturated rings. The highest BCUT2D eigenvalue weighted by molar-refractivity contribution is 5.69. The summed E-state index contributed by atoms with van der Waals surface area (Å²) in [6, 6.07) is 6.15. The Labute approximate surface area is 89.7 Å². The van der Waals surface area contributed by atoms with Crippen LogP contribution in [-0.4, -0.2) is 19.9 Å². The zero-order chi connectivity index (χ0) is 10.8. The summed E-state index contributed by atoms with van der Waals surface area (Å²) in [5.41, 5.74) is 2.14. The second-order valence-electron chi connectivity index (χ2n) is 3.60. The van der Waals surface area contributed by atoms with Crippen molar-refractivity contribution in [2.45, 2.75) is 13.0 Å². The third-order valence-electron chi connectivity index (χ3n) is 2.70. The monoisotopic (exact) mass is 205 g/mol. The summed E-state index contributed by atoms with van der Waals surface area (Å²) in [6.07, 6.45) is 0. The summed E-state index contributed by atoms with van der Waals surface area (Å²) < 4.78 is 10.6. The minimum absolute atomic E-state index is 0.255. The molecule has 1 N–H and O–H groups in total. The molecule has 1 aromatic carbocycles.